The van der Waals surface area contributed by atoms with Gasteiger partial charge in [-0.25, -0.2) is 14.1 Å². The van der Waals surface area contributed by atoms with Crippen molar-refractivity contribution in [3.05, 3.63) is 99.4 Å². The number of anilines is 2. The Kier molecular flexibility index (Phi) is 5.83. The summed E-state index contributed by atoms with van der Waals surface area (Å²) in [5.41, 5.74) is -0.290. The van der Waals surface area contributed by atoms with Gasteiger partial charge in [0, 0.05) is 6.07 Å². The van der Waals surface area contributed by atoms with Gasteiger partial charge in [-0.1, -0.05) is 12.1 Å². The van der Waals surface area contributed by atoms with E-state index >= 15 is 0 Å². The number of hydrogen-bond acceptors (Lipinski definition) is 7. The summed E-state index contributed by atoms with van der Waals surface area (Å²) in [4.78, 5) is 61.1. The molecule has 1 aliphatic rings. The number of para-hydroxylation sites is 2. The third-order valence-corrected chi connectivity index (χ3v) is 4.92. The number of nitro groups is 1. The van der Waals surface area contributed by atoms with Crippen LogP contribution in [0, 0.1) is 15.9 Å². The van der Waals surface area contributed by atoms with E-state index in [4.69, 9.17) is 4.74 Å². The van der Waals surface area contributed by atoms with Crippen molar-refractivity contribution >= 4 is 40.8 Å². The average Bonchev–Trinajstić information content (AvgIpc) is 3.07. The number of amides is 3. The summed E-state index contributed by atoms with van der Waals surface area (Å²) in [5.74, 6) is -3.61. The zero-order valence-corrected chi connectivity index (χ0v) is 17.2. The van der Waals surface area contributed by atoms with Gasteiger partial charge in [-0.3, -0.25) is 24.5 Å². The Bertz CT molecular complexity index is 1350. The minimum Gasteiger partial charge on any atom is -0.452 e. The number of carbonyl (C=O) groups is 4. The number of hydrogen-bond donors (Lipinski definition) is 1. The molecule has 1 aliphatic heterocycles. The maximum absolute atomic E-state index is 13.2. The highest BCUT2D eigenvalue weighted by Gasteiger charge is 2.37. The van der Waals surface area contributed by atoms with Gasteiger partial charge >= 0.3 is 5.97 Å². The third kappa shape index (κ3) is 4.21. The number of rotatable bonds is 6. The number of fused-ring (bicyclic) bond motifs is 1. The standard InChI is InChI=1S/C23H14FN3O7/c24-14-6-8-15(9-7-14)26-21(29)16-10-5-13(11-17(16)22(26)30)23(31)34-12-20(28)25-18-3-1-2-4-19(18)27(32)33/h1-11H,12H2,(H,25,28). The SMILES string of the molecule is O=C(COC(=O)c1ccc2c(c1)C(=O)N(c1ccc(F)cc1)C2=O)Nc1ccccc1[N+](=O)[O-]. The molecule has 0 saturated carbocycles. The lowest BCUT2D eigenvalue weighted by molar-refractivity contribution is -0.383. The second-order valence-electron chi connectivity index (χ2n) is 7.08. The van der Waals surface area contributed by atoms with Crippen molar-refractivity contribution < 1.29 is 33.2 Å². The number of halogens is 1. The molecule has 0 fully saturated rings. The highest BCUT2D eigenvalue weighted by Crippen LogP contribution is 2.29. The minimum atomic E-state index is -0.944. The smallest absolute Gasteiger partial charge is 0.338 e. The summed E-state index contributed by atoms with van der Waals surface area (Å²) >= 11 is 0. The summed E-state index contributed by atoms with van der Waals surface area (Å²) in [5, 5.41) is 13.3. The molecule has 3 amide bonds. The molecule has 10 nitrogen and oxygen atoms in total. The van der Waals surface area contributed by atoms with Gasteiger partial charge in [-0.2, -0.15) is 0 Å². The zero-order chi connectivity index (χ0) is 24.4. The Morgan fingerprint density at radius 3 is 2.35 bits per heavy atom. The normalized spacial score (nSPS) is 12.3. The van der Waals surface area contributed by atoms with Crippen molar-refractivity contribution in [1.29, 1.82) is 0 Å². The van der Waals surface area contributed by atoms with Crippen LogP contribution in [0.4, 0.5) is 21.5 Å². The Balaban J connectivity index is 1.45. The largest absolute Gasteiger partial charge is 0.452 e. The predicted octanol–water partition coefficient (Wildman–Crippen LogP) is 3.33. The first-order valence-corrected chi connectivity index (χ1v) is 9.75. The van der Waals surface area contributed by atoms with Crippen molar-refractivity contribution in [3.8, 4) is 0 Å². The lowest BCUT2D eigenvalue weighted by atomic mass is 10.1. The maximum atomic E-state index is 13.2. The zero-order valence-electron chi connectivity index (χ0n) is 17.2. The first kappa shape index (κ1) is 22.3. The van der Waals surface area contributed by atoms with Crippen LogP contribution in [-0.2, 0) is 9.53 Å². The van der Waals surface area contributed by atoms with Gasteiger partial charge in [0.25, 0.3) is 23.4 Å². The molecule has 1 N–H and O–H groups in total. The van der Waals surface area contributed by atoms with Crippen LogP contribution in [0.25, 0.3) is 0 Å². The van der Waals surface area contributed by atoms with Gasteiger partial charge in [0.05, 0.1) is 27.3 Å². The number of ether oxygens (including phenoxy) is 1. The van der Waals surface area contributed by atoms with Gasteiger partial charge in [-0.05, 0) is 48.5 Å². The Morgan fingerprint density at radius 2 is 1.65 bits per heavy atom. The van der Waals surface area contributed by atoms with Crippen LogP contribution in [-0.4, -0.2) is 35.2 Å². The molecule has 34 heavy (non-hydrogen) atoms. The van der Waals surface area contributed by atoms with E-state index < -0.39 is 41.0 Å². The van der Waals surface area contributed by atoms with Crippen LogP contribution in [0.5, 0.6) is 0 Å². The van der Waals surface area contributed by atoms with Crippen LogP contribution in [0.3, 0.4) is 0 Å². The van der Waals surface area contributed by atoms with Crippen LogP contribution in [0.1, 0.15) is 31.1 Å². The summed E-state index contributed by atoms with van der Waals surface area (Å²) in [6.45, 7) is -0.740. The highest BCUT2D eigenvalue weighted by atomic mass is 19.1. The van der Waals surface area contributed by atoms with Crippen molar-refractivity contribution in [2.75, 3.05) is 16.8 Å². The van der Waals surface area contributed by atoms with E-state index in [-0.39, 0.29) is 33.8 Å². The Hall–Kier alpha value is -4.93. The highest BCUT2D eigenvalue weighted by molar-refractivity contribution is 6.34. The van der Waals surface area contributed by atoms with Gasteiger partial charge in [-0.15, -0.1) is 0 Å². The van der Waals surface area contributed by atoms with E-state index in [0.29, 0.717) is 0 Å². The summed E-state index contributed by atoms with van der Waals surface area (Å²) in [6.07, 6.45) is 0. The average molecular weight is 463 g/mol. The second-order valence-corrected chi connectivity index (χ2v) is 7.08. The van der Waals surface area contributed by atoms with Crippen molar-refractivity contribution in [3.63, 3.8) is 0 Å². The minimum absolute atomic E-state index is 0.0480. The predicted molar refractivity (Wildman–Crippen MR) is 116 cm³/mol. The maximum Gasteiger partial charge on any atom is 0.338 e. The number of nitrogens with one attached hydrogen (secondary N) is 1. The molecule has 0 spiro atoms. The Labute approximate surface area is 190 Å². The topological polar surface area (TPSA) is 136 Å². The molecule has 3 aromatic carbocycles. The fourth-order valence-electron chi connectivity index (χ4n) is 3.33. The molecule has 0 aliphatic carbocycles. The lowest BCUT2D eigenvalue weighted by Crippen LogP contribution is -2.29. The molecule has 11 heteroatoms. The molecule has 4 rings (SSSR count). The second kappa shape index (κ2) is 8.90. The molecular formula is C23H14FN3O7. The van der Waals surface area contributed by atoms with E-state index in [0.717, 1.165) is 17.0 Å². The van der Waals surface area contributed by atoms with Crippen LogP contribution >= 0.6 is 0 Å². The summed E-state index contributed by atoms with van der Waals surface area (Å²) < 4.78 is 18.1. The van der Waals surface area contributed by atoms with Crippen LogP contribution in [0.15, 0.2) is 66.7 Å². The van der Waals surface area contributed by atoms with E-state index in [1.165, 1.54) is 54.6 Å². The lowest BCUT2D eigenvalue weighted by Gasteiger charge is -2.13. The molecule has 0 atom stereocenters. The van der Waals surface area contributed by atoms with Gasteiger partial charge in [0.2, 0.25) is 0 Å². The molecule has 0 unspecified atom stereocenters. The molecule has 1 heterocycles. The molecule has 0 bridgehead atoms. The number of benzene rings is 3. The van der Waals surface area contributed by atoms with Crippen molar-refractivity contribution in [2.24, 2.45) is 0 Å². The monoisotopic (exact) mass is 463 g/mol. The van der Waals surface area contributed by atoms with Crippen molar-refractivity contribution in [2.45, 2.75) is 0 Å². The molecule has 0 saturated heterocycles. The van der Waals surface area contributed by atoms with E-state index in [1.54, 1.807) is 0 Å². The quantitative estimate of drug-likeness (QED) is 0.256. The van der Waals surface area contributed by atoms with Gasteiger partial charge in [0.1, 0.15) is 11.5 Å². The Morgan fingerprint density at radius 1 is 0.971 bits per heavy atom. The number of nitrogens with zero attached hydrogens (tertiary/aromatic N) is 2. The summed E-state index contributed by atoms with van der Waals surface area (Å²) in [7, 11) is 0. The molecule has 3 aromatic rings. The third-order valence-electron chi connectivity index (χ3n) is 4.92. The number of imide groups is 1. The molecule has 0 radical (unpaired) electrons. The molecular weight excluding hydrogens is 449 g/mol. The summed E-state index contributed by atoms with van der Waals surface area (Å²) in [6, 6.07) is 14.0. The van der Waals surface area contributed by atoms with E-state index in [9.17, 15) is 33.7 Å². The number of esters is 1. The fourth-order valence-corrected chi connectivity index (χ4v) is 3.33. The van der Waals surface area contributed by atoms with Crippen molar-refractivity contribution in [1.82, 2.24) is 0 Å². The van der Waals surface area contributed by atoms with E-state index in [1.807, 2.05) is 0 Å². The van der Waals surface area contributed by atoms with E-state index in [2.05, 4.69) is 5.32 Å². The fraction of sp³-hybridized carbons (Fsp3) is 0.0435. The van der Waals surface area contributed by atoms with Crippen LogP contribution < -0.4 is 10.2 Å². The number of carbonyl (C=O) groups excluding carboxylic acids is 4. The van der Waals surface area contributed by atoms with Gasteiger partial charge < -0.3 is 10.1 Å². The first-order chi connectivity index (χ1) is 16.3. The first-order valence-electron chi connectivity index (χ1n) is 9.75. The van der Waals surface area contributed by atoms with Crippen LogP contribution in [0.2, 0.25) is 0 Å². The molecule has 170 valence electrons. The van der Waals surface area contributed by atoms with Gasteiger partial charge in [0.15, 0.2) is 6.61 Å². The number of nitro benzene ring substituents is 1. The molecule has 0 aromatic heterocycles.